The van der Waals surface area contributed by atoms with Crippen LogP contribution in [-0.4, -0.2) is 47.3 Å². The number of hydrogen-bond donors (Lipinski definition) is 1. The number of thioether (sulfide) groups is 2. The van der Waals surface area contributed by atoms with E-state index in [4.69, 9.17) is 4.74 Å². The fourth-order valence-electron chi connectivity index (χ4n) is 2.34. The molecule has 0 aromatic rings. The Kier molecular flexibility index (Phi) is 7.44. The van der Waals surface area contributed by atoms with Crippen LogP contribution in [0.4, 0.5) is 0 Å². The monoisotopic (exact) mass is 291 g/mol. The predicted octanol–water partition coefficient (Wildman–Crippen LogP) is 3.41. The molecule has 2 nitrogen and oxygen atoms in total. The van der Waals surface area contributed by atoms with Crippen molar-refractivity contribution < 1.29 is 4.74 Å². The van der Waals surface area contributed by atoms with E-state index in [0.717, 1.165) is 23.5 Å². The molecule has 1 aliphatic heterocycles. The first kappa shape index (κ1) is 16.7. The van der Waals surface area contributed by atoms with E-state index in [-0.39, 0.29) is 5.60 Å². The van der Waals surface area contributed by atoms with Crippen molar-refractivity contribution in [3.63, 3.8) is 0 Å². The average molecular weight is 292 g/mol. The van der Waals surface area contributed by atoms with Crippen molar-refractivity contribution in [1.29, 1.82) is 0 Å². The van der Waals surface area contributed by atoms with Gasteiger partial charge in [-0.2, -0.15) is 23.5 Å². The zero-order chi connectivity index (χ0) is 13.6. The normalized spacial score (nSPS) is 27.2. The van der Waals surface area contributed by atoms with Crippen molar-refractivity contribution in [2.75, 3.05) is 25.2 Å². The number of ether oxygens (including phenoxy) is 1. The third-order valence-corrected chi connectivity index (χ3v) is 6.96. The molecule has 0 amide bonds. The maximum absolute atomic E-state index is 5.54. The van der Waals surface area contributed by atoms with Gasteiger partial charge in [-0.15, -0.1) is 0 Å². The van der Waals surface area contributed by atoms with Crippen LogP contribution in [-0.2, 0) is 4.74 Å². The lowest BCUT2D eigenvalue weighted by molar-refractivity contribution is 0.0117. The Bertz CT molecular complexity index is 236. The molecular formula is C14H29NOS2. The van der Waals surface area contributed by atoms with Gasteiger partial charge in [0, 0.05) is 35.2 Å². The first-order valence-corrected chi connectivity index (χ1v) is 9.11. The molecule has 4 heteroatoms. The lowest BCUT2D eigenvalue weighted by Crippen LogP contribution is -2.45. The molecule has 1 aliphatic rings. The highest BCUT2D eigenvalue weighted by molar-refractivity contribution is 8.07. The molecule has 1 rings (SSSR count). The molecule has 0 aromatic carbocycles. The summed E-state index contributed by atoms with van der Waals surface area (Å²) in [7, 11) is 1.82. The number of nitrogens with one attached hydrogen (secondary N) is 1. The number of hydrogen-bond acceptors (Lipinski definition) is 4. The second kappa shape index (κ2) is 8.03. The topological polar surface area (TPSA) is 21.3 Å². The van der Waals surface area contributed by atoms with Crippen molar-refractivity contribution in [2.45, 2.75) is 62.7 Å². The molecule has 0 aliphatic carbocycles. The van der Waals surface area contributed by atoms with E-state index in [0.29, 0.717) is 6.04 Å². The Morgan fingerprint density at radius 2 is 2.00 bits per heavy atom. The summed E-state index contributed by atoms with van der Waals surface area (Å²) in [6.07, 6.45) is 2.33. The van der Waals surface area contributed by atoms with Gasteiger partial charge in [0.25, 0.3) is 0 Å². The summed E-state index contributed by atoms with van der Waals surface area (Å²) in [6.45, 7) is 10.0. The van der Waals surface area contributed by atoms with Crippen molar-refractivity contribution >= 4 is 23.5 Å². The largest absolute Gasteiger partial charge is 0.379 e. The predicted molar refractivity (Wildman–Crippen MR) is 86.0 cm³/mol. The molecule has 0 radical (unpaired) electrons. The number of rotatable bonds is 7. The van der Waals surface area contributed by atoms with Crippen LogP contribution in [0.2, 0.25) is 0 Å². The third-order valence-electron chi connectivity index (χ3n) is 3.71. The zero-order valence-electron chi connectivity index (χ0n) is 12.5. The Balaban J connectivity index is 2.52. The summed E-state index contributed by atoms with van der Waals surface area (Å²) in [5, 5.41) is 5.20. The first-order valence-electron chi connectivity index (χ1n) is 7.02. The molecule has 0 aromatic heterocycles. The fourth-order valence-corrected chi connectivity index (χ4v) is 5.34. The van der Waals surface area contributed by atoms with E-state index in [9.17, 15) is 0 Å². The molecule has 0 saturated carbocycles. The highest BCUT2D eigenvalue weighted by Crippen LogP contribution is 2.35. The van der Waals surface area contributed by atoms with Gasteiger partial charge in [0.2, 0.25) is 0 Å². The smallest absolute Gasteiger partial charge is 0.0623 e. The zero-order valence-corrected chi connectivity index (χ0v) is 14.1. The third kappa shape index (κ3) is 5.32. The summed E-state index contributed by atoms with van der Waals surface area (Å²) >= 11 is 4.28. The van der Waals surface area contributed by atoms with Crippen LogP contribution < -0.4 is 5.32 Å². The summed E-state index contributed by atoms with van der Waals surface area (Å²) in [4.78, 5) is 0. The maximum atomic E-state index is 5.54. The minimum Gasteiger partial charge on any atom is -0.379 e. The van der Waals surface area contributed by atoms with Gasteiger partial charge in [-0.3, -0.25) is 0 Å². The summed E-state index contributed by atoms with van der Waals surface area (Å²) < 4.78 is 5.54. The van der Waals surface area contributed by atoms with Gasteiger partial charge in [0.05, 0.1) is 5.60 Å². The Morgan fingerprint density at radius 1 is 1.33 bits per heavy atom. The highest BCUT2D eigenvalue weighted by atomic mass is 32.2. The fraction of sp³-hybridized carbons (Fsp3) is 1.00. The van der Waals surface area contributed by atoms with Gasteiger partial charge in [-0.05, 0) is 33.2 Å². The van der Waals surface area contributed by atoms with Gasteiger partial charge in [0.1, 0.15) is 0 Å². The van der Waals surface area contributed by atoms with Crippen molar-refractivity contribution in [1.82, 2.24) is 5.32 Å². The summed E-state index contributed by atoms with van der Waals surface area (Å²) in [5.41, 5.74) is 0.00336. The molecule has 1 N–H and O–H groups in total. The van der Waals surface area contributed by atoms with E-state index in [2.05, 4.69) is 56.5 Å². The molecule has 0 spiro atoms. The highest BCUT2D eigenvalue weighted by Gasteiger charge is 2.31. The lowest BCUT2D eigenvalue weighted by atomic mass is 9.96. The molecule has 108 valence electrons. The SMILES string of the molecule is CCNC(CCC(C)(C)OC)C1SCCSC1C. The summed E-state index contributed by atoms with van der Waals surface area (Å²) in [5.74, 6) is 2.61. The van der Waals surface area contributed by atoms with Crippen LogP contribution in [0.25, 0.3) is 0 Å². The minimum atomic E-state index is 0.00336. The maximum Gasteiger partial charge on any atom is 0.0623 e. The van der Waals surface area contributed by atoms with Gasteiger partial charge in [-0.25, -0.2) is 0 Å². The van der Waals surface area contributed by atoms with Crippen LogP contribution in [0.5, 0.6) is 0 Å². The van der Waals surface area contributed by atoms with Gasteiger partial charge >= 0.3 is 0 Å². The van der Waals surface area contributed by atoms with E-state index in [1.807, 2.05) is 7.11 Å². The van der Waals surface area contributed by atoms with Crippen LogP contribution in [0, 0.1) is 0 Å². The second-order valence-corrected chi connectivity index (χ2v) is 8.35. The van der Waals surface area contributed by atoms with Gasteiger partial charge in [0.15, 0.2) is 0 Å². The molecule has 18 heavy (non-hydrogen) atoms. The molecule has 3 unspecified atom stereocenters. The lowest BCUT2D eigenvalue weighted by Gasteiger charge is -2.36. The Labute approximate surface area is 121 Å². The second-order valence-electron chi connectivity index (χ2n) is 5.58. The quantitative estimate of drug-likeness (QED) is 0.775. The van der Waals surface area contributed by atoms with Crippen molar-refractivity contribution in [3.05, 3.63) is 0 Å². The Hall–Kier alpha value is 0.620. The average Bonchev–Trinajstić information content (AvgIpc) is 2.35. The van der Waals surface area contributed by atoms with Crippen LogP contribution >= 0.6 is 23.5 Å². The summed E-state index contributed by atoms with van der Waals surface area (Å²) in [6, 6.07) is 0.622. The van der Waals surface area contributed by atoms with E-state index in [1.165, 1.54) is 17.9 Å². The van der Waals surface area contributed by atoms with Gasteiger partial charge < -0.3 is 10.1 Å². The van der Waals surface area contributed by atoms with Gasteiger partial charge in [-0.1, -0.05) is 13.8 Å². The van der Waals surface area contributed by atoms with E-state index in [1.54, 1.807) is 0 Å². The molecule has 1 fully saturated rings. The van der Waals surface area contributed by atoms with Crippen molar-refractivity contribution in [2.24, 2.45) is 0 Å². The minimum absolute atomic E-state index is 0.00336. The van der Waals surface area contributed by atoms with E-state index < -0.39 is 0 Å². The molecule has 0 bridgehead atoms. The molecule has 1 heterocycles. The standard InChI is InChI=1S/C14H29NOS2/c1-6-15-12(7-8-14(3,4)16-5)13-11(2)17-9-10-18-13/h11-13,15H,6-10H2,1-5H3. The number of methoxy groups -OCH3 is 1. The molecular weight excluding hydrogens is 262 g/mol. The van der Waals surface area contributed by atoms with E-state index >= 15 is 0 Å². The van der Waals surface area contributed by atoms with Crippen LogP contribution in [0.3, 0.4) is 0 Å². The van der Waals surface area contributed by atoms with Crippen LogP contribution in [0.15, 0.2) is 0 Å². The van der Waals surface area contributed by atoms with Crippen LogP contribution in [0.1, 0.15) is 40.5 Å². The Morgan fingerprint density at radius 3 is 2.56 bits per heavy atom. The van der Waals surface area contributed by atoms with Crippen molar-refractivity contribution in [3.8, 4) is 0 Å². The first-order chi connectivity index (χ1) is 8.50. The molecule has 3 atom stereocenters. The molecule has 1 saturated heterocycles.